The first-order valence-corrected chi connectivity index (χ1v) is 10.6. The quantitative estimate of drug-likeness (QED) is 0.750. The highest BCUT2D eigenvalue weighted by Crippen LogP contribution is 2.32. The number of aryl methyl sites for hydroxylation is 1. The Kier molecular flexibility index (Phi) is 4.45. The van der Waals surface area contributed by atoms with Crippen molar-refractivity contribution in [1.29, 1.82) is 0 Å². The van der Waals surface area contributed by atoms with Crippen LogP contribution in [0.3, 0.4) is 0 Å². The van der Waals surface area contributed by atoms with Crippen LogP contribution in [-0.2, 0) is 6.42 Å². The third-order valence-corrected chi connectivity index (χ3v) is 6.74. The lowest BCUT2D eigenvalue weighted by atomic mass is 10.0. The standard InChI is InChI=1S/C21H24N4OS/c1-14-12-27-20-19(14)23-13-24-21(20)25-8-6-16(7-9-25)22-11-17-10-15-4-2-3-5-18(15)26-17/h2-5,12-13,16-17,22H,6-11H2,1H3. The molecule has 0 saturated carbocycles. The number of piperidine rings is 1. The molecule has 5 nitrogen and oxygen atoms in total. The van der Waals surface area contributed by atoms with Crippen molar-refractivity contribution in [1.82, 2.24) is 15.3 Å². The van der Waals surface area contributed by atoms with Crippen molar-refractivity contribution in [2.45, 2.75) is 38.3 Å². The molecule has 0 bridgehead atoms. The zero-order valence-corrected chi connectivity index (χ0v) is 16.3. The maximum absolute atomic E-state index is 6.05. The van der Waals surface area contributed by atoms with Gasteiger partial charge in [0.25, 0.3) is 0 Å². The number of nitrogens with zero attached hydrogens (tertiary/aromatic N) is 3. The van der Waals surface area contributed by atoms with Crippen LogP contribution in [0.1, 0.15) is 24.0 Å². The van der Waals surface area contributed by atoms with E-state index in [4.69, 9.17) is 4.74 Å². The predicted octanol–water partition coefficient (Wildman–Crippen LogP) is 3.56. The molecule has 0 radical (unpaired) electrons. The third-order valence-electron chi connectivity index (χ3n) is 5.65. The van der Waals surface area contributed by atoms with Crippen molar-refractivity contribution in [2.75, 3.05) is 24.5 Å². The van der Waals surface area contributed by atoms with Gasteiger partial charge in [-0.1, -0.05) is 18.2 Å². The van der Waals surface area contributed by atoms with Gasteiger partial charge in [-0.15, -0.1) is 11.3 Å². The molecule has 6 heteroatoms. The Morgan fingerprint density at radius 2 is 2.07 bits per heavy atom. The molecule has 1 saturated heterocycles. The van der Waals surface area contributed by atoms with Gasteiger partial charge in [0.2, 0.25) is 0 Å². The van der Waals surface area contributed by atoms with Gasteiger partial charge in [-0.05, 0) is 42.3 Å². The van der Waals surface area contributed by atoms with Crippen molar-refractivity contribution in [3.8, 4) is 5.75 Å². The van der Waals surface area contributed by atoms with E-state index in [2.05, 4.69) is 50.7 Å². The minimum atomic E-state index is 0.260. The summed E-state index contributed by atoms with van der Waals surface area (Å²) in [7, 11) is 0. The van der Waals surface area contributed by atoms with Gasteiger partial charge in [-0.2, -0.15) is 0 Å². The van der Waals surface area contributed by atoms with Crippen molar-refractivity contribution >= 4 is 27.4 Å². The maximum Gasteiger partial charge on any atom is 0.150 e. The summed E-state index contributed by atoms with van der Waals surface area (Å²) in [5.41, 5.74) is 3.68. The van der Waals surface area contributed by atoms with Crippen LogP contribution in [0.4, 0.5) is 5.82 Å². The summed E-state index contributed by atoms with van der Waals surface area (Å²) in [5.74, 6) is 2.16. The highest BCUT2D eigenvalue weighted by atomic mass is 32.1. The summed E-state index contributed by atoms with van der Waals surface area (Å²) >= 11 is 1.76. The van der Waals surface area contributed by atoms with Gasteiger partial charge in [0.15, 0.2) is 0 Å². The molecule has 1 atom stereocenters. The molecular formula is C21H24N4OS. The number of thiophene rings is 1. The van der Waals surface area contributed by atoms with E-state index >= 15 is 0 Å². The van der Waals surface area contributed by atoms with Crippen molar-refractivity contribution < 1.29 is 4.74 Å². The fourth-order valence-corrected chi connectivity index (χ4v) is 5.16. The SMILES string of the molecule is Cc1csc2c(N3CCC(NCC4Cc5ccccc5O4)CC3)ncnc12. The summed E-state index contributed by atoms with van der Waals surface area (Å²) in [6.45, 7) is 5.11. The van der Waals surface area contributed by atoms with Gasteiger partial charge in [-0.3, -0.25) is 0 Å². The first-order valence-electron chi connectivity index (χ1n) is 9.69. The fourth-order valence-electron chi connectivity index (χ4n) is 4.14. The minimum absolute atomic E-state index is 0.260. The number of benzene rings is 1. The predicted molar refractivity (Wildman–Crippen MR) is 110 cm³/mol. The Bertz CT molecular complexity index is 923. The number of hydrogen-bond donors (Lipinski definition) is 1. The number of para-hydroxylation sites is 1. The summed E-state index contributed by atoms with van der Waals surface area (Å²) in [6.07, 6.45) is 5.25. The van der Waals surface area contributed by atoms with Crippen molar-refractivity contribution in [2.24, 2.45) is 0 Å². The lowest BCUT2D eigenvalue weighted by Crippen LogP contribution is -2.45. The van der Waals surface area contributed by atoms with Crippen LogP contribution in [0.2, 0.25) is 0 Å². The van der Waals surface area contributed by atoms with Crippen LogP contribution in [-0.4, -0.2) is 41.7 Å². The molecule has 0 amide bonds. The first-order chi connectivity index (χ1) is 13.3. The molecule has 0 aliphatic carbocycles. The second-order valence-corrected chi connectivity index (χ2v) is 8.39. The smallest absolute Gasteiger partial charge is 0.150 e. The molecule has 3 aromatic rings. The molecule has 1 fully saturated rings. The van der Waals surface area contributed by atoms with E-state index in [1.165, 1.54) is 15.8 Å². The Labute approximate surface area is 163 Å². The van der Waals surface area contributed by atoms with E-state index in [1.807, 2.05) is 6.07 Å². The third kappa shape index (κ3) is 3.28. The molecule has 1 N–H and O–H groups in total. The molecule has 0 spiro atoms. The van der Waals surface area contributed by atoms with Gasteiger partial charge >= 0.3 is 0 Å². The number of nitrogens with one attached hydrogen (secondary N) is 1. The Morgan fingerprint density at radius 3 is 2.93 bits per heavy atom. The van der Waals surface area contributed by atoms with Crippen LogP contribution in [0.25, 0.3) is 10.2 Å². The number of ether oxygens (including phenoxy) is 1. The number of rotatable bonds is 4. The van der Waals surface area contributed by atoms with Crippen LogP contribution in [0.5, 0.6) is 5.75 Å². The van der Waals surface area contributed by atoms with Gasteiger partial charge in [0.1, 0.15) is 24.0 Å². The minimum Gasteiger partial charge on any atom is -0.488 e. The molecule has 140 valence electrons. The van der Waals surface area contributed by atoms with E-state index in [1.54, 1.807) is 17.7 Å². The lowest BCUT2D eigenvalue weighted by Gasteiger charge is -2.33. The highest BCUT2D eigenvalue weighted by Gasteiger charge is 2.26. The van der Waals surface area contributed by atoms with E-state index < -0.39 is 0 Å². The van der Waals surface area contributed by atoms with E-state index in [-0.39, 0.29) is 6.10 Å². The molecule has 5 rings (SSSR count). The van der Waals surface area contributed by atoms with Gasteiger partial charge in [0.05, 0.1) is 10.2 Å². The second kappa shape index (κ2) is 7.09. The molecule has 2 aliphatic heterocycles. The molecule has 2 aromatic heterocycles. The summed E-state index contributed by atoms with van der Waals surface area (Å²) in [6, 6.07) is 8.93. The van der Waals surface area contributed by atoms with Crippen molar-refractivity contribution in [3.05, 3.63) is 47.1 Å². The Morgan fingerprint density at radius 1 is 1.22 bits per heavy atom. The van der Waals surface area contributed by atoms with Gasteiger partial charge < -0.3 is 15.0 Å². The summed E-state index contributed by atoms with van der Waals surface area (Å²) < 4.78 is 7.27. The van der Waals surface area contributed by atoms with Crippen LogP contribution >= 0.6 is 11.3 Å². The molecular weight excluding hydrogens is 356 g/mol. The van der Waals surface area contributed by atoms with E-state index in [0.29, 0.717) is 6.04 Å². The normalized spacial score (nSPS) is 20.0. The first kappa shape index (κ1) is 17.0. The fraction of sp³-hybridized carbons (Fsp3) is 0.429. The zero-order chi connectivity index (χ0) is 18.2. The monoisotopic (exact) mass is 380 g/mol. The number of fused-ring (bicyclic) bond motifs is 2. The second-order valence-electron chi connectivity index (χ2n) is 7.51. The summed E-state index contributed by atoms with van der Waals surface area (Å²) in [4.78, 5) is 11.5. The Balaban J connectivity index is 1.16. The topological polar surface area (TPSA) is 50.3 Å². The van der Waals surface area contributed by atoms with Gasteiger partial charge in [-0.25, -0.2) is 9.97 Å². The van der Waals surface area contributed by atoms with E-state index in [0.717, 1.165) is 56.0 Å². The summed E-state index contributed by atoms with van der Waals surface area (Å²) in [5, 5.41) is 5.91. The average molecular weight is 381 g/mol. The number of hydrogen-bond acceptors (Lipinski definition) is 6. The molecule has 4 heterocycles. The Hall–Kier alpha value is -2.18. The average Bonchev–Trinajstić information content (AvgIpc) is 3.30. The van der Waals surface area contributed by atoms with Gasteiger partial charge in [0, 0.05) is 32.1 Å². The van der Waals surface area contributed by atoms with Crippen LogP contribution < -0.4 is 15.0 Å². The van der Waals surface area contributed by atoms with Crippen molar-refractivity contribution in [3.63, 3.8) is 0 Å². The number of anilines is 1. The van der Waals surface area contributed by atoms with Crippen LogP contribution in [0.15, 0.2) is 36.0 Å². The molecule has 1 aromatic carbocycles. The molecule has 1 unspecified atom stereocenters. The molecule has 27 heavy (non-hydrogen) atoms. The largest absolute Gasteiger partial charge is 0.488 e. The maximum atomic E-state index is 6.05. The van der Waals surface area contributed by atoms with E-state index in [9.17, 15) is 0 Å². The number of aromatic nitrogens is 2. The van der Waals surface area contributed by atoms with Crippen LogP contribution in [0, 0.1) is 6.92 Å². The lowest BCUT2D eigenvalue weighted by molar-refractivity contribution is 0.217. The molecule has 2 aliphatic rings. The zero-order valence-electron chi connectivity index (χ0n) is 15.5. The highest BCUT2D eigenvalue weighted by molar-refractivity contribution is 7.18.